The van der Waals surface area contributed by atoms with Crippen molar-refractivity contribution >= 4 is 46.9 Å². The summed E-state index contributed by atoms with van der Waals surface area (Å²) in [5.41, 5.74) is 9.43. The summed E-state index contributed by atoms with van der Waals surface area (Å²) in [7, 11) is 0. The molecule has 182 valence electrons. The van der Waals surface area contributed by atoms with Crippen LogP contribution in [0.3, 0.4) is 0 Å². The number of hydrogen-bond acceptors (Lipinski definition) is 6. The Kier molecular flexibility index (Phi) is 7.60. The third-order valence-electron chi connectivity index (χ3n) is 6.30. The molecule has 9 heteroatoms. The van der Waals surface area contributed by atoms with Crippen LogP contribution in [0.4, 0.5) is 11.6 Å². The summed E-state index contributed by atoms with van der Waals surface area (Å²) < 4.78 is 0. The van der Waals surface area contributed by atoms with E-state index >= 15 is 0 Å². The standard InChI is InChI=1S/C26H27Cl2N5O2/c1-26(31-15-18-7-5-17(6-8-18)9-10-22(34)35)11-13-33(14-12-26)21-16-30-24(25(29)32-21)19-3-2-4-20(27)23(19)28/h2-10,16,31H,11-15H2,1H3,(H2,29,32)(H,34,35)/b10-9+. The fourth-order valence-corrected chi connectivity index (χ4v) is 4.47. The highest BCUT2D eigenvalue weighted by Gasteiger charge is 2.30. The van der Waals surface area contributed by atoms with Gasteiger partial charge in [0.15, 0.2) is 5.82 Å². The van der Waals surface area contributed by atoms with Crippen molar-refractivity contribution in [2.45, 2.75) is 31.8 Å². The topological polar surface area (TPSA) is 104 Å². The third kappa shape index (κ3) is 6.11. The van der Waals surface area contributed by atoms with Gasteiger partial charge in [0.1, 0.15) is 11.5 Å². The molecule has 0 atom stereocenters. The number of nitrogens with one attached hydrogen (secondary N) is 1. The maximum Gasteiger partial charge on any atom is 0.328 e. The van der Waals surface area contributed by atoms with Crippen molar-refractivity contribution in [2.24, 2.45) is 0 Å². The van der Waals surface area contributed by atoms with E-state index in [0.717, 1.165) is 55.5 Å². The average molecular weight is 512 g/mol. The van der Waals surface area contributed by atoms with Crippen molar-refractivity contribution < 1.29 is 9.90 Å². The lowest BCUT2D eigenvalue weighted by Crippen LogP contribution is -2.51. The number of hydrogen-bond donors (Lipinski definition) is 3. The van der Waals surface area contributed by atoms with Crippen LogP contribution >= 0.6 is 23.2 Å². The number of carboxylic acids is 1. The zero-order valence-corrected chi connectivity index (χ0v) is 20.9. The minimum Gasteiger partial charge on any atom is -0.478 e. The monoisotopic (exact) mass is 511 g/mol. The molecule has 7 nitrogen and oxygen atoms in total. The van der Waals surface area contributed by atoms with Gasteiger partial charge in [-0.3, -0.25) is 0 Å². The second-order valence-electron chi connectivity index (χ2n) is 8.88. The van der Waals surface area contributed by atoms with E-state index in [1.807, 2.05) is 36.4 Å². The second-order valence-corrected chi connectivity index (χ2v) is 9.66. The number of halogens is 2. The summed E-state index contributed by atoms with van der Waals surface area (Å²) in [6.45, 7) is 4.63. The Hall–Kier alpha value is -3.13. The lowest BCUT2D eigenvalue weighted by molar-refractivity contribution is -0.131. The molecule has 3 aromatic rings. The van der Waals surface area contributed by atoms with Crippen LogP contribution in [0.2, 0.25) is 10.0 Å². The van der Waals surface area contributed by atoms with Gasteiger partial charge in [-0.1, -0.05) is 59.6 Å². The molecular weight excluding hydrogens is 485 g/mol. The molecule has 1 aliphatic rings. The molecule has 0 bridgehead atoms. The number of nitrogens with two attached hydrogens (primary N) is 1. The molecule has 0 radical (unpaired) electrons. The van der Waals surface area contributed by atoms with Crippen LogP contribution in [0.15, 0.2) is 54.7 Å². The summed E-state index contributed by atoms with van der Waals surface area (Å²) in [6, 6.07) is 13.2. The Balaban J connectivity index is 1.35. The maximum absolute atomic E-state index is 10.7. The number of rotatable bonds is 7. The summed E-state index contributed by atoms with van der Waals surface area (Å²) in [4.78, 5) is 22.0. The Labute approximate surface area is 214 Å². The number of carboxylic acid groups (broad SMARTS) is 1. The van der Waals surface area contributed by atoms with Crippen LogP contribution in [0.5, 0.6) is 0 Å². The fourth-order valence-electron chi connectivity index (χ4n) is 4.08. The van der Waals surface area contributed by atoms with Gasteiger partial charge in [0.2, 0.25) is 0 Å². The number of carbonyl (C=O) groups is 1. The van der Waals surface area contributed by atoms with Gasteiger partial charge in [-0.15, -0.1) is 0 Å². The van der Waals surface area contributed by atoms with E-state index in [0.29, 0.717) is 27.1 Å². The fraction of sp³-hybridized carbons (Fsp3) is 0.269. The van der Waals surface area contributed by atoms with Crippen molar-refractivity contribution in [2.75, 3.05) is 23.7 Å². The first-order chi connectivity index (χ1) is 16.7. The first-order valence-electron chi connectivity index (χ1n) is 11.3. The highest BCUT2D eigenvalue weighted by Crippen LogP contribution is 2.35. The number of piperidine rings is 1. The number of aliphatic carboxylic acids is 1. The predicted octanol–water partition coefficient (Wildman–Crippen LogP) is 5.28. The van der Waals surface area contributed by atoms with Gasteiger partial charge in [0.25, 0.3) is 0 Å². The van der Waals surface area contributed by atoms with Crippen molar-refractivity contribution in [1.29, 1.82) is 0 Å². The summed E-state index contributed by atoms with van der Waals surface area (Å²) >= 11 is 12.5. The first-order valence-corrected chi connectivity index (χ1v) is 12.1. The minimum absolute atomic E-state index is 0.00832. The first kappa shape index (κ1) is 25.0. The number of nitrogen functional groups attached to an aromatic ring is 1. The molecule has 4 rings (SSSR count). The van der Waals surface area contributed by atoms with Crippen molar-refractivity contribution in [3.8, 4) is 11.3 Å². The van der Waals surface area contributed by atoms with E-state index in [1.165, 1.54) is 0 Å². The van der Waals surface area contributed by atoms with E-state index in [4.69, 9.17) is 34.0 Å². The highest BCUT2D eigenvalue weighted by atomic mass is 35.5. The van der Waals surface area contributed by atoms with Crippen LogP contribution in [-0.2, 0) is 11.3 Å². The van der Waals surface area contributed by atoms with Gasteiger partial charge in [0.05, 0.1) is 16.2 Å². The largest absolute Gasteiger partial charge is 0.478 e. The summed E-state index contributed by atoms with van der Waals surface area (Å²) in [5, 5.41) is 13.3. The molecular formula is C26H27Cl2N5O2. The average Bonchev–Trinajstić information content (AvgIpc) is 2.84. The number of aromatic nitrogens is 2. The van der Waals surface area contributed by atoms with E-state index in [9.17, 15) is 4.79 Å². The van der Waals surface area contributed by atoms with Crippen molar-refractivity contribution in [3.63, 3.8) is 0 Å². The Morgan fingerprint density at radius 2 is 1.91 bits per heavy atom. The lowest BCUT2D eigenvalue weighted by Gasteiger charge is -2.40. The second kappa shape index (κ2) is 10.6. The minimum atomic E-state index is -0.954. The van der Waals surface area contributed by atoms with Crippen molar-refractivity contribution in [3.05, 3.63) is 75.9 Å². The molecule has 0 saturated carbocycles. The molecule has 1 aliphatic heterocycles. The Bertz CT molecular complexity index is 1240. The van der Waals surface area contributed by atoms with Gasteiger partial charge in [-0.25, -0.2) is 14.8 Å². The molecule has 0 spiro atoms. The molecule has 2 aromatic carbocycles. The Morgan fingerprint density at radius 3 is 2.57 bits per heavy atom. The summed E-state index contributed by atoms with van der Waals surface area (Å²) in [6.07, 6.45) is 6.34. The molecule has 2 heterocycles. The van der Waals surface area contributed by atoms with Gasteiger partial charge in [-0.05, 0) is 43.0 Å². The van der Waals surface area contributed by atoms with E-state index < -0.39 is 5.97 Å². The van der Waals surface area contributed by atoms with Crippen molar-refractivity contribution in [1.82, 2.24) is 15.3 Å². The van der Waals surface area contributed by atoms with Gasteiger partial charge in [0, 0.05) is 36.8 Å². The molecule has 4 N–H and O–H groups in total. The number of benzene rings is 2. The van der Waals surface area contributed by atoms with E-state index in [1.54, 1.807) is 18.3 Å². The van der Waals surface area contributed by atoms with Gasteiger partial charge >= 0.3 is 5.97 Å². The van der Waals surface area contributed by atoms with E-state index in [2.05, 4.69) is 27.1 Å². The third-order valence-corrected chi connectivity index (χ3v) is 7.12. The highest BCUT2D eigenvalue weighted by molar-refractivity contribution is 6.43. The zero-order valence-electron chi connectivity index (χ0n) is 19.3. The van der Waals surface area contributed by atoms with Crippen LogP contribution in [0.1, 0.15) is 30.9 Å². The van der Waals surface area contributed by atoms with Gasteiger partial charge < -0.3 is 21.1 Å². The van der Waals surface area contributed by atoms with Gasteiger partial charge in [-0.2, -0.15) is 0 Å². The molecule has 0 unspecified atom stereocenters. The zero-order chi connectivity index (χ0) is 25.0. The number of nitrogens with zero attached hydrogens (tertiary/aromatic N) is 3. The predicted molar refractivity (Wildman–Crippen MR) is 142 cm³/mol. The van der Waals surface area contributed by atoms with Crippen LogP contribution in [0, 0.1) is 0 Å². The lowest BCUT2D eigenvalue weighted by atomic mass is 9.89. The van der Waals surface area contributed by atoms with Crippen LogP contribution in [0.25, 0.3) is 17.3 Å². The maximum atomic E-state index is 10.7. The molecule has 1 aromatic heterocycles. The molecule has 35 heavy (non-hydrogen) atoms. The smallest absolute Gasteiger partial charge is 0.328 e. The molecule has 0 aliphatic carbocycles. The quantitative estimate of drug-likeness (QED) is 0.370. The van der Waals surface area contributed by atoms with Crippen LogP contribution < -0.4 is 16.0 Å². The molecule has 0 amide bonds. The van der Waals surface area contributed by atoms with E-state index in [-0.39, 0.29) is 5.54 Å². The van der Waals surface area contributed by atoms with Crippen LogP contribution in [-0.4, -0.2) is 39.7 Å². The molecule has 1 fully saturated rings. The number of anilines is 2. The Morgan fingerprint density at radius 1 is 1.20 bits per heavy atom. The SMILES string of the molecule is CC1(NCc2ccc(/C=C/C(=O)O)cc2)CCN(c2cnc(-c3cccc(Cl)c3Cl)c(N)n2)CC1. The summed E-state index contributed by atoms with van der Waals surface area (Å²) in [5.74, 6) is 0.112. The normalized spacial score (nSPS) is 15.5. The molecule has 1 saturated heterocycles.